The molecule has 0 saturated heterocycles. The van der Waals surface area contributed by atoms with Gasteiger partial charge in [-0.05, 0) is 19.1 Å². The Morgan fingerprint density at radius 2 is 2.00 bits per heavy atom. The van der Waals surface area contributed by atoms with Crippen LogP contribution in [0.1, 0.15) is 27.4 Å². The lowest BCUT2D eigenvalue weighted by Crippen LogP contribution is -1.97. The van der Waals surface area contributed by atoms with Crippen molar-refractivity contribution in [1.82, 2.24) is 0 Å². The van der Waals surface area contributed by atoms with Crippen molar-refractivity contribution < 1.29 is 23.4 Å². The highest BCUT2D eigenvalue weighted by Gasteiger charge is 2.13. The summed E-state index contributed by atoms with van der Waals surface area (Å²) < 4.78 is 23.7. The Labute approximate surface area is 109 Å². The average molecular weight is 264 g/mol. The van der Waals surface area contributed by atoms with E-state index in [0.29, 0.717) is 16.9 Å². The molecule has 0 fully saturated rings. The molecule has 2 rings (SSSR count). The molecule has 19 heavy (non-hydrogen) atoms. The Kier molecular flexibility index (Phi) is 3.97. The fourth-order valence-corrected chi connectivity index (χ4v) is 1.65. The van der Waals surface area contributed by atoms with Gasteiger partial charge in [0.25, 0.3) is 0 Å². The molecule has 0 radical (unpaired) electrons. The van der Waals surface area contributed by atoms with Crippen molar-refractivity contribution in [2.75, 3.05) is 0 Å². The van der Waals surface area contributed by atoms with E-state index in [1.165, 1.54) is 12.1 Å². The number of aryl methyl sites for hydroxylation is 1. The van der Waals surface area contributed by atoms with Gasteiger partial charge in [0.05, 0.1) is 13.2 Å². The van der Waals surface area contributed by atoms with Gasteiger partial charge in [0.1, 0.15) is 11.6 Å². The van der Waals surface area contributed by atoms with Crippen LogP contribution in [0.3, 0.4) is 0 Å². The molecule has 4 nitrogen and oxygen atoms in total. The Balaban J connectivity index is 1.96. The summed E-state index contributed by atoms with van der Waals surface area (Å²) in [5.41, 5.74) is 1.11. The topological polar surface area (TPSA) is 59.7 Å². The van der Waals surface area contributed by atoms with Crippen LogP contribution < -0.4 is 0 Å². The molecule has 0 aliphatic rings. The zero-order chi connectivity index (χ0) is 13.8. The first-order valence-corrected chi connectivity index (χ1v) is 5.71. The predicted molar refractivity (Wildman–Crippen MR) is 65.3 cm³/mol. The summed E-state index contributed by atoms with van der Waals surface area (Å²) in [7, 11) is 0. The number of ether oxygens (including phenoxy) is 1. The lowest BCUT2D eigenvalue weighted by atomic mass is 10.2. The SMILES string of the molecule is Cc1oc(C(=O)O)cc1COCc1ccccc1F. The molecular weight excluding hydrogens is 251 g/mol. The van der Waals surface area contributed by atoms with E-state index in [4.69, 9.17) is 14.3 Å². The van der Waals surface area contributed by atoms with Gasteiger partial charge in [-0.25, -0.2) is 9.18 Å². The zero-order valence-electron chi connectivity index (χ0n) is 10.4. The lowest BCUT2D eigenvalue weighted by Gasteiger charge is -2.04. The van der Waals surface area contributed by atoms with Crippen LogP contribution in [-0.4, -0.2) is 11.1 Å². The number of furan rings is 1. The molecule has 0 amide bonds. The monoisotopic (exact) mass is 264 g/mol. The van der Waals surface area contributed by atoms with Gasteiger partial charge in [0, 0.05) is 11.1 Å². The van der Waals surface area contributed by atoms with Gasteiger partial charge in [0.2, 0.25) is 5.76 Å². The molecule has 0 atom stereocenters. The third-order valence-electron chi connectivity index (χ3n) is 2.70. The van der Waals surface area contributed by atoms with Crippen molar-refractivity contribution in [1.29, 1.82) is 0 Å². The van der Waals surface area contributed by atoms with Gasteiger partial charge in [-0.15, -0.1) is 0 Å². The molecule has 100 valence electrons. The largest absolute Gasteiger partial charge is 0.475 e. The molecule has 1 aromatic heterocycles. The van der Waals surface area contributed by atoms with Crippen LogP contribution in [0.5, 0.6) is 0 Å². The van der Waals surface area contributed by atoms with Crippen molar-refractivity contribution in [3.05, 3.63) is 58.8 Å². The van der Waals surface area contributed by atoms with Crippen molar-refractivity contribution in [3.63, 3.8) is 0 Å². The van der Waals surface area contributed by atoms with Crippen LogP contribution in [-0.2, 0) is 18.0 Å². The van der Waals surface area contributed by atoms with Gasteiger partial charge < -0.3 is 14.3 Å². The fraction of sp³-hybridized carbons (Fsp3) is 0.214. The third kappa shape index (κ3) is 3.20. The minimum atomic E-state index is -1.12. The summed E-state index contributed by atoms with van der Waals surface area (Å²) in [4.78, 5) is 10.7. The van der Waals surface area contributed by atoms with Crippen molar-refractivity contribution in [2.45, 2.75) is 20.1 Å². The molecule has 1 aromatic carbocycles. The predicted octanol–water partition coefficient (Wildman–Crippen LogP) is 3.14. The maximum absolute atomic E-state index is 13.3. The molecule has 1 N–H and O–H groups in total. The number of carboxylic acids is 1. The summed E-state index contributed by atoms with van der Waals surface area (Å²) in [6, 6.07) is 7.76. The van der Waals surface area contributed by atoms with E-state index in [1.54, 1.807) is 25.1 Å². The molecule has 0 saturated carbocycles. The van der Waals surface area contributed by atoms with E-state index in [9.17, 15) is 9.18 Å². The van der Waals surface area contributed by atoms with Gasteiger partial charge >= 0.3 is 5.97 Å². The van der Waals surface area contributed by atoms with Crippen molar-refractivity contribution >= 4 is 5.97 Å². The highest BCUT2D eigenvalue weighted by Crippen LogP contribution is 2.17. The first-order valence-electron chi connectivity index (χ1n) is 5.71. The number of rotatable bonds is 5. The normalized spacial score (nSPS) is 10.6. The van der Waals surface area contributed by atoms with Crippen LogP contribution in [0, 0.1) is 12.7 Å². The lowest BCUT2D eigenvalue weighted by molar-refractivity contribution is 0.0661. The number of hydrogen-bond donors (Lipinski definition) is 1. The van der Waals surface area contributed by atoms with E-state index in [2.05, 4.69) is 0 Å². The first-order chi connectivity index (χ1) is 9.08. The Morgan fingerprint density at radius 3 is 2.63 bits per heavy atom. The average Bonchev–Trinajstić information content (AvgIpc) is 2.74. The molecule has 0 spiro atoms. The number of halogens is 1. The quantitative estimate of drug-likeness (QED) is 0.901. The molecule has 0 aliphatic carbocycles. The van der Waals surface area contributed by atoms with Crippen LogP contribution in [0.2, 0.25) is 0 Å². The summed E-state index contributed by atoms with van der Waals surface area (Å²) >= 11 is 0. The maximum atomic E-state index is 13.3. The molecular formula is C14H13FO4. The number of aromatic carboxylic acids is 1. The Hall–Kier alpha value is -2.14. The summed E-state index contributed by atoms with van der Waals surface area (Å²) in [5.74, 6) is -1.07. The van der Waals surface area contributed by atoms with Gasteiger partial charge in [0.15, 0.2) is 0 Å². The smallest absolute Gasteiger partial charge is 0.371 e. The zero-order valence-corrected chi connectivity index (χ0v) is 10.4. The second kappa shape index (κ2) is 5.67. The highest BCUT2D eigenvalue weighted by molar-refractivity contribution is 5.84. The van der Waals surface area contributed by atoms with Crippen LogP contribution in [0.25, 0.3) is 0 Å². The molecule has 2 aromatic rings. The first kappa shape index (κ1) is 13.3. The number of carboxylic acid groups (broad SMARTS) is 1. The van der Waals surface area contributed by atoms with E-state index < -0.39 is 5.97 Å². The fourth-order valence-electron chi connectivity index (χ4n) is 1.65. The minimum Gasteiger partial charge on any atom is -0.475 e. The Bertz CT molecular complexity index is 589. The molecule has 0 bridgehead atoms. The summed E-state index contributed by atoms with van der Waals surface area (Å²) in [5, 5.41) is 8.78. The summed E-state index contributed by atoms with van der Waals surface area (Å²) in [6.07, 6.45) is 0. The second-order valence-corrected chi connectivity index (χ2v) is 4.08. The molecule has 1 heterocycles. The van der Waals surface area contributed by atoms with E-state index >= 15 is 0 Å². The standard InChI is InChI=1S/C14H13FO4/c1-9-11(6-13(19-9)14(16)17)8-18-7-10-4-2-3-5-12(10)15/h2-6H,7-8H2,1H3,(H,16,17). The summed E-state index contributed by atoms with van der Waals surface area (Å²) in [6.45, 7) is 1.96. The molecule has 0 unspecified atom stereocenters. The third-order valence-corrected chi connectivity index (χ3v) is 2.70. The van der Waals surface area contributed by atoms with E-state index in [0.717, 1.165) is 0 Å². The van der Waals surface area contributed by atoms with Crippen LogP contribution in [0.15, 0.2) is 34.7 Å². The maximum Gasteiger partial charge on any atom is 0.371 e. The van der Waals surface area contributed by atoms with E-state index in [-0.39, 0.29) is 24.8 Å². The number of hydrogen-bond acceptors (Lipinski definition) is 3. The van der Waals surface area contributed by atoms with Crippen molar-refractivity contribution in [3.8, 4) is 0 Å². The van der Waals surface area contributed by atoms with Crippen LogP contribution in [0.4, 0.5) is 4.39 Å². The minimum absolute atomic E-state index is 0.123. The van der Waals surface area contributed by atoms with Gasteiger partial charge in [-0.3, -0.25) is 0 Å². The Morgan fingerprint density at radius 1 is 1.32 bits per heavy atom. The molecule has 0 aliphatic heterocycles. The second-order valence-electron chi connectivity index (χ2n) is 4.08. The van der Waals surface area contributed by atoms with E-state index in [1.807, 2.05) is 0 Å². The number of carbonyl (C=O) groups is 1. The highest BCUT2D eigenvalue weighted by atomic mass is 19.1. The van der Waals surface area contributed by atoms with Gasteiger partial charge in [-0.1, -0.05) is 18.2 Å². The number of benzene rings is 1. The van der Waals surface area contributed by atoms with Crippen LogP contribution >= 0.6 is 0 Å². The van der Waals surface area contributed by atoms with Crippen molar-refractivity contribution in [2.24, 2.45) is 0 Å². The van der Waals surface area contributed by atoms with Gasteiger partial charge in [-0.2, -0.15) is 0 Å². The molecule has 5 heteroatoms.